The van der Waals surface area contributed by atoms with Gasteiger partial charge in [0.1, 0.15) is 11.6 Å². The number of hydrogen-bond acceptors (Lipinski definition) is 6. The van der Waals surface area contributed by atoms with E-state index in [1.807, 2.05) is 40.1 Å². The largest absolute Gasteiger partial charge is 0.477 e. The Morgan fingerprint density at radius 1 is 0.721 bits per heavy atom. The van der Waals surface area contributed by atoms with Crippen LogP contribution in [0.15, 0.2) is 47.4 Å². The predicted molar refractivity (Wildman–Crippen MR) is 190 cm³/mol. The molecule has 0 amide bonds. The molecule has 0 saturated carbocycles. The van der Waals surface area contributed by atoms with Gasteiger partial charge in [0.05, 0.1) is 0 Å². The molecule has 0 radical (unpaired) electrons. The third-order valence-corrected chi connectivity index (χ3v) is 12.5. The lowest BCUT2D eigenvalue weighted by atomic mass is 10.0. The summed E-state index contributed by atoms with van der Waals surface area (Å²) < 4.78 is 0. The first-order valence-corrected chi connectivity index (χ1v) is 19.1. The number of aliphatic carboxylic acids is 1. The van der Waals surface area contributed by atoms with E-state index >= 15 is 0 Å². The molecule has 4 aromatic heterocycles. The van der Waals surface area contributed by atoms with Gasteiger partial charge in [0.2, 0.25) is 0 Å². The lowest BCUT2D eigenvalue weighted by molar-refractivity contribution is -0.132. The molecule has 4 rings (SSSR count). The maximum absolute atomic E-state index is 11.3. The summed E-state index contributed by atoms with van der Waals surface area (Å²) in [4.78, 5) is 19.9. The van der Waals surface area contributed by atoms with Gasteiger partial charge in [-0.15, -0.1) is 45.3 Å². The number of carboxylic acids is 1. The Labute approximate surface area is 273 Å². The van der Waals surface area contributed by atoms with Gasteiger partial charge in [0, 0.05) is 34.1 Å². The first kappa shape index (κ1) is 33.4. The van der Waals surface area contributed by atoms with Crippen molar-refractivity contribution in [3.8, 4) is 35.3 Å². The monoisotopic (exact) mass is 649 g/mol. The highest BCUT2D eigenvalue weighted by Crippen LogP contribution is 2.46. The minimum Gasteiger partial charge on any atom is -0.477 e. The van der Waals surface area contributed by atoms with Crippen LogP contribution < -0.4 is 0 Å². The van der Waals surface area contributed by atoms with Crippen molar-refractivity contribution in [3.05, 3.63) is 63.4 Å². The molecule has 0 aliphatic rings. The fourth-order valence-corrected chi connectivity index (χ4v) is 9.83. The van der Waals surface area contributed by atoms with E-state index in [1.165, 1.54) is 119 Å². The molecule has 0 aliphatic carbocycles. The Bertz CT molecular complexity index is 1510. The summed E-state index contributed by atoms with van der Waals surface area (Å²) >= 11 is 7.17. The van der Waals surface area contributed by atoms with Crippen molar-refractivity contribution in [1.82, 2.24) is 0 Å². The zero-order valence-corrected chi connectivity index (χ0v) is 28.7. The number of rotatable bonds is 19. The van der Waals surface area contributed by atoms with Crippen LogP contribution in [0, 0.1) is 11.3 Å². The lowest BCUT2D eigenvalue weighted by Gasteiger charge is -2.04. The number of hydrogen-bond donors (Lipinski definition) is 1. The molecule has 0 atom stereocenters. The summed E-state index contributed by atoms with van der Waals surface area (Å²) in [6.45, 7) is 4.53. The molecular weight excluding hydrogens is 607 g/mol. The lowest BCUT2D eigenvalue weighted by Crippen LogP contribution is -1.96. The summed E-state index contributed by atoms with van der Waals surface area (Å²) in [7, 11) is 0. The summed E-state index contributed by atoms with van der Waals surface area (Å²) in [5, 5.41) is 20.7. The van der Waals surface area contributed by atoms with Crippen LogP contribution in [0.4, 0.5) is 0 Å². The van der Waals surface area contributed by atoms with Crippen LogP contribution >= 0.6 is 45.3 Å². The van der Waals surface area contributed by atoms with Crippen molar-refractivity contribution in [2.45, 2.75) is 104 Å². The van der Waals surface area contributed by atoms with Crippen LogP contribution in [0.2, 0.25) is 0 Å². The molecule has 4 aromatic rings. The van der Waals surface area contributed by atoms with Gasteiger partial charge in [-0.3, -0.25) is 0 Å². The number of nitriles is 1. The molecule has 0 unspecified atom stereocenters. The molecule has 0 saturated heterocycles. The first-order valence-electron chi connectivity index (χ1n) is 15.8. The van der Waals surface area contributed by atoms with Crippen molar-refractivity contribution < 1.29 is 9.90 Å². The van der Waals surface area contributed by atoms with Crippen molar-refractivity contribution in [2.24, 2.45) is 0 Å². The van der Waals surface area contributed by atoms with Crippen molar-refractivity contribution in [1.29, 1.82) is 5.26 Å². The number of nitrogens with zero attached hydrogens (tertiary/aromatic N) is 1. The van der Waals surface area contributed by atoms with Gasteiger partial charge in [-0.2, -0.15) is 5.26 Å². The van der Waals surface area contributed by atoms with Gasteiger partial charge in [0.25, 0.3) is 0 Å². The molecule has 228 valence electrons. The van der Waals surface area contributed by atoms with Gasteiger partial charge >= 0.3 is 5.97 Å². The van der Waals surface area contributed by atoms with Crippen LogP contribution in [0.25, 0.3) is 35.3 Å². The normalized spacial score (nSPS) is 11.7. The molecule has 0 spiro atoms. The fourth-order valence-electron chi connectivity index (χ4n) is 5.31. The quantitative estimate of drug-likeness (QED) is 0.0624. The van der Waals surface area contributed by atoms with Gasteiger partial charge in [-0.25, -0.2) is 4.79 Å². The van der Waals surface area contributed by atoms with Gasteiger partial charge in [-0.05, 0) is 84.7 Å². The zero-order valence-electron chi connectivity index (χ0n) is 25.5. The van der Waals surface area contributed by atoms with Crippen LogP contribution in [0.1, 0.15) is 107 Å². The molecule has 7 heteroatoms. The molecule has 4 heterocycles. The average molecular weight is 650 g/mol. The van der Waals surface area contributed by atoms with Gasteiger partial charge in [-0.1, -0.05) is 78.1 Å². The van der Waals surface area contributed by atoms with E-state index in [0.29, 0.717) is 0 Å². The standard InChI is InChI=1S/C36H43NO2S4/c1-3-5-7-9-11-13-15-26-21-22-40-34(26)31-19-20-32(42-31)35-27(16-14-12-10-8-6-4-2)24-33(43-35)30-18-17-29(41-30)23-28(25-37)36(38)39/h17-24H,3-16H2,1-2H3,(H,38,39)/b28-23-. The first-order chi connectivity index (χ1) is 21.0. The predicted octanol–water partition coefficient (Wildman–Crippen LogP) is 12.7. The summed E-state index contributed by atoms with van der Waals surface area (Å²) in [5.74, 6) is -1.19. The van der Waals surface area contributed by atoms with E-state index in [1.54, 1.807) is 17.4 Å². The number of unbranched alkanes of at least 4 members (excludes halogenated alkanes) is 10. The highest BCUT2D eigenvalue weighted by Gasteiger charge is 2.18. The summed E-state index contributed by atoms with van der Waals surface area (Å²) in [6.07, 6.45) is 19.3. The molecule has 43 heavy (non-hydrogen) atoms. The van der Waals surface area contributed by atoms with Crippen LogP contribution in [0.5, 0.6) is 0 Å². The van der Waals surface area contributed by atoms with E-state index in [-0.39, 0.29) is 5.57 Å². The minimum atomic E-state index is -1.19. The van der Waals surface area contributed by atoms with E-state index < -0.39 is 5.97 Å². The topological polar surface area (TPSA) is 61.1 Å². The zero-order chi connectivity index (χ0) is 30.4. The van der Waals surface area contributed by atoms with Crippen molar-refractivity contribution in [2.75, 3.05) is 0 Å². The van der Waals surface area contributed by atoms with Crippen molar-refractivity contribution in [3.63, 3.8) is 0 Å². The van der Waals surface area contributed by atoms with Crippen LogP contribution in [0.3, 0.4) is 0 Å². The number of carboxylic acid groups (broad SMARTS) is 1. The second-order valence-corrected chi connectivity index (χ2v) is 15.3. The Kier molecular flexibility index (Phi) is 13.8. The highest BCUT2D eigenvalue weighted by molar-refractivity contribution is 7.28. The summed E-state index contributed by atoms with van der Waals surface area (Å²) in [5.41, 5.74) is 2.67. The molecule has 1 N–H and O–H groups in total. The SMILES string of the molecule is CCCCCCCCc1ccsc1-c1ccc(-c2sc(-c3ccc(/C=C(/C#N)C(=O)O)s3)cc2CCCCCCCC)s1. The van der Waals surface area contributed by atoms with Gasteiger partial charge < -0.3 is 5.11 Å². The molecule has 0 fully saturated rings. The average Bonchev–Trinajstić information content (AvgIpc) is 3.81. The number of aryl methyl sites for hydroxylation is 2. The molecular formula is C36H43NO2S4. The minimum absolute atomic E-state index is 0.236. The third-order valence-electron chi connectivity index (χ3n) is 7.72. The smallest absolute Gasteiger partial charge is 0.346 e. The van der Waals surface area contributed by atoms with Gasteiger partial charge in [0.15, 0.2) is 0 Å². The molecule has 0 aromatic carbocycles. The highest BCUT2D eigenvalue weighted by atomic mass is 32.1. The van der Waals surface area contributed by atoms with E-state index in [9.17, 15) is 15.2 Å². The van der Waals surface area contributed by atoms with Crippen LogP contribution in [-0.4, -0.2) is 11.1 Å². The third kappa shape index (κ3) is 9.74. The Morgan fingerprint density at radius 3 is 1.98 bits per heavy atom. The van der Waals surface area contributed by atoms with E-state index in [4.69, 9.17) is 0 Å². The Hall–Kier alpha value is -2.50. The van der Waals surface area contributed by atoms with E-state index in [0.717, 1.165) is 22.6 Å². The summed E-state index contributed by atoms with van der Waals surface area (Å²) in [6, 6.07) is 15.0. The van der Waals surface area contributed by atoms with Crippen LogP contribution in [-0.2, 0) is 17.6 Å². The molecule has 3 nitrogen and oxygen atoms in total. The second-order valence-electron chi connectivity index (χ2n) is 11.1. The fraction of sp³-hybridized carbons (Fsp3) is 0.444. The Balaban J connectivity index is 1.54. The maximum Gasteiger partial charge on any atom is 0.346 e. The Morgan fingerprint density at radius 2 is 1.33 bits per heavy atom. The molecule has 0 bridgehead atoms. The molecule has 0 aliphatic heterocycles. The number of carbonyl (C=O) groups is 1. The van der Waals surface area contributed by atoms with Crippen molar-refractivity contribution >= 4 is 57.4 Å². The number of thiophene rings is 4. The maximum atomic E-state index is 11.3. The second kappa shape index (κ2) is 17.7. The van der Waals surface area contributed by atoms with E-state index in [2.05, 4.69) is 49.6 Å².